The molecule has 126 valence electrons. The van der Waals surface area contributed by atoms with Crippen LogP contribution in [0, 0.1) is 0 Å². The molecule has 0 bridgehead atoms. The van der Waals surface area contributed by atoms with Crippen LogP contribution in [0.3, 0.4) is 0 Å². The van der Waals surface area contributed by atoms with E-state index in [1.807, 2.05) is 36.4 Å². The molecule has 3 aromatic rings. The average Bonchev–Trinajstić information content (AvgIpc) is 2.61. The Hall–Kier alpha value is -3.05. The van der Waals surface area contributed by atoms with E-state index in [4.69, 9.17) is 26.2 Å². The van der Waals surface area contributed by atoms with Gasteiger partial charge in [-0.15, -0.1) is 0 Å². The number of carboxylic acid groups (broad SMARTS) is 1. The van der Waals surface area contributed by atoms with Crippen LogP contribution in [0.15, 0.2) is 60.7 Å². The summed E-state index contributed by atoms with van der Waals surface area (Å²) in [6, 6.07) is 17.2. The van der Waals surface area contributed by atoms with Crippen molar-refractivity contribution in [3.05, 3.63) is 71.2 Å². The van der Waals surface area contributed by atoms with Crippen molar-refractivity contribution < 1.29 is 24.2 Å². The van der Waals surface area contributed by atoms with Gasteiger partial charge in [-0.3, -0.25) is 0 Å². The fraction of sp³-hybridized carbons (Fsp3) is 0.0526. The van der Waals surface area contributed by atoms with Crippen molar-refractivity contribution in [2.75, 3.05) is 6.61 Å². The standard InChI is InChI=1S/C19H13ClO5/c20-14-6-8-17(16(10-14)19(22)23)25-18(21)11-24-15-7-5-12-3-1-2-4-13(12)9-15/h1-10H,11H2,(H,22,23). The maximum atomic E-state index is 11.9. The molecule has 0 saturated carbocycles. The number of aromatic carboxylic acids is 1. The monoisotopic (exact) mass is 356 g/mol. The van der Waals surface area contributed by atoms with Crippen LogP contribution in [0.25, 0.3) is 10.8 Å². The van der Waals surface area contributed by atoms with E-state index in [1.54, 1.807) is 6.07 Å². The second-order valence-corrected chi connectivity index (χ2v) is 5.65. The third-order valence-corrected chi connectivity index (χ3v) is 3.71. The Balaban J connectivity index is 1.67. The molecule has 0 unspecified atom stereocenters. The van der Waals surface area contributed by atoms with Gasteiger partial charge in [-0.1, -0.05) is 41.9 Å². The predicted molar refractivity (Wildman–Crippen MR) is 93.5 cm³/mol. The molecular formula is C19H13ClO5. The Morgan fingerprint density at radius 1 is 0.960 bits per heavy atom. The second-order valence-electron chi connectivity index (χ2n) is 5.22. The van der Waals surface area contributed by atoms with Crippen LogP contribution in [-0.2, 0) is 4.79 Å². The Kier molecular flexibility index (Phi) is 4.86. The highest BCUT2D eigenvalue weighted by Gasteiger charge is 2.15. The average molecular weight is 357 g/mol. The Morgan fingerprint density at radius 2 is 1.72 bits per heavy atom. The number of fused-ring (bicyclic) bond motifs is 1. The van der Waals surface area contributed by atoms with E-state index in [0.717, 1.165) is 10.8 Å². The van der Waals surface area contributed by atoms with Crippen LogP contribution in [0.4, 0.5) is 0 Å². The van der Waals surface area contributed by atoms with Gasteiger partial charge in [-0.05, 0) is 41.1 Å². The van der Waals surface area contributed by atoms with Gasteiger partial charge in [0.1, 0.15) is 17.1 Å². The van der Waals surface area contributed by atoms with Gasteiger partial charge in [-0.2, -0.15) is 0 Å². The molecule has 6 heteroatoms. The van der Waals surface area contributed by atoms with E-state index in [-0.39, 0.29) is 22.9 Å². The van der Waals surface area contributed by atoms with Crippen LogP contribution < -0.4 is 9.47 Å². The van der Waals surface area contributed by atoms with Crippen LogP contribution in [0.2, 0.25) is 5.02 Å². The van der Waals surface area contributed by atoms with Crippen molar-refractivity contribution in [2.24, 2.45) is 0 Å². The van der Waals surface area contributed by atoms with Gasteiger partial charge >= 0.3 is 11.9 Å². The minimum Gasteiger partial charge on any atom is -0.482 e. The summed E-state index contributed by atoms with van der Waals surface area (Å²) in [7, 11) is 0. The first-order valence-corrected chi connectivity index (χ1v) is 7.76. The van der Waals surface area contributed by atoms with Crippen LogP contribution in [0.1, 0.15) is 10.4 Å². The van der Waals surface area contributed by atoms with E-state index in [9.17, 15) is 9.59 Å². The number of rotatable bonds is 5. The van der Waals surface area contributed by atoms with E-state index >= 15 is 0 Å². The summed E-state index contributed by atoms with van der Waals surface area (Å²) in [4.78, 5) is 23.1. The lowest BCUT2D eigenvalue weighted by atomic mass is 10.1. The molecule has 0 heterocycles. The summed E-state index contributed by atoms with van der Waals surface area (Å²) in [5.41, 5.74) is -0.188. The summed E-state index contributed by atoms with van der Waals surface area (Å²) < 4.78 is 10.5. The SMILES string of the molecule is O=C(COc1ccc2ccccc2c1)Oc1ccc(Cl)cc1C(=O)O. The van der Waals surface area contributed by atoms with Crippen molar-refractivity contribution in [3.63, 3.8) is 0 Å². The Bertz CT molecular complexity index is 951. The minimum atomic E-state index is -1.24. The van der Waals surface area contributed by atoms with Crippen LogP contribution in [0.5, 0.6) is 11.5 Å². The molecule has 0 fully saturated rings. The summed E-state index contributed by atoms with van der Waals surface area (Å²) in [6.45, 7) is -0.347. The lowest BCUT2D eigenvalue weighted by Crippen LogP contribution is -2.19. The highest BCUT2D eigenvalue weighted by atomic mass is 35.5. The molecule has 5 nitrogen and oxygen atoms in total. The molecule has 0 spiro atoms. The highest BCUT2D eigenvalue weighted by molar-refractivity contribution is 6.31. The zero-order valence-electron chi connectivity index (χ0n) is 12.9. The number of halogens is 1. The number of hydrogen-bond acceptors (Lipinski definition) is 4. The molecular weight excluding hydrogens is 344 g/mol. The normalized spacial score (nSPS) is 10.4. The fourth-order valence-corrected chi connectivity index (χ4v) is 2.48. The molecule has 0 aliphatic rings. The van der Waals surface area contributed by atoms with E-state index < -0.39 is 11.9 Å². The van der Waals surface area contributed by atoms with Gasteiger partial charge in [0, 0.05) is 5.02 Å². The Labute approximate surface area is 148 Å². The number of esters is 1. The summed E-state index contributed by atoms with van der Waals surface area (Å²) in [6.07, 6.45) is 0. The number of ether oxygens (including phenoxy) is 2. The van der Waals surface area contributed by atoms with Gasteiger partial charge in [0.2, 0.25) is 0 Å². The molecule has 0 atom stereocenters. The van der Waals surface area contributed by atoms with E-state index in [0.29, 0.717) is 5.75 Å². The van der Waals surface area contributed by atoms with Gasteiger partial charge in [0.25, 0.3) is 0 Å². The van der Waals surface area contributed by atoms with Gasteiger partial charge in [0.05, 0.1) is 0 Å². The smallest absolute Gasteiger partial charge is 0.349 e. The number of benzene rings is 3. The maximum absolute atomic E-state index is 11.9. The molecule has 0 radical (unpaired) electrons. The van der Waals surface area contributed by atoms with Crippen molar-refractivity contribution in [3.8, 4) is 11.5 Å². The van der Waals surface area contributed by atoms with E-state index in [1.165, 1.54) is 18.2 Å². The second kappa shape index (κ2) is 7.23. The number of hydrogen-bond donors (Lipinski definition) is 1. The summed E-state index contributed by atoms with van der Waals surface area (Å²) in [5.74, 6) is -1.51. The Morgan fingerprint density at radius 3 is 2.48 bits per heavy atom. The molecule has 25 heavy (non-hydrogen) atoms. The van der Waals surface area contributed by atoms with Crippen LogP contribution >= 0.6 is 11.6 Å². The zero-order valence-corrected chi connectivity index (χ0v) is 13.7. The minimum absolute atomic E-state index is 0.0796. The third-order valence-electron chi connectivity index (χ3n) is 3.47. The summed E-state index contributed by atoms with van der Waals surface area (Å²) >= 11 is 5.76. The first kappa shape index (κ1) is 16.8. The number of carbonyl (C=O) groups is 2. The first-order valence-electron chi connectivity index (χ1n) is 7.38. The molecule has 0 aliphatic carbocycles. The molecule has 3 aromatic carbocycles. The lowest BCUT2D eigenvalue weighted by molar-refractivity contribution is -0.136. The molecule has 3 rings (SSSR count). The first-order chi connectivity index (χ1) is 12.0. The lowest BCUT2D eigenvalue weighted by Gasteiger charge is -2.09. The maximum Gasteiger partial charge on any atom is 0.349 e. The third kappa shape index (κ3) is 4.08. The number of carboxylic acids is 1. The molecule has 0 saturated heterocycles. The number of carbonyl (C=O) groups excluding carboxylic acids is 1. The van der Waals surface area contributed by atoms with Gasteiger partial charge < -0.3 is 14.6 Å². The quantitative estimate of drug-likeness (QED) is 0.548. The molecule has 0 aliphatic heterocycles. The highest BCUT2D eigenvalue weighted by Crippen LogP contribution is 2.24. The van der Waals surface area contributed by atoms with Gasteiger partial charge in [0.15, 0.2) is 6.61 Å². The zero-order chi connectivity index (χ0) is 17.8. The van der Waals surface area contributed by atoms with Crippen molar-refractivity contribution in [1.82, 2.24) is 0 Å². The predicted octanol–water partition coefficient (Wildman–Crippen LogP) is 4.18. The largest absolute Gasteiger partial charge is 0.482 e. The molecule has 0 aromatic heterocycles. The van der Waals surface area contributed by atoms with Crippen molar-refractivity contribution in [2.45, 2.75) is 0 Å². The van der Waals surface area contributed by atoms with E-state index in [2.05, 4.69) is 0 Å². The fourth-order valence-electron chi connectivity index (χ4n) is 2.31. The van der Waals surface area contributed by atoms with Crippen LogP contribution in [-0.4, -0.2) is 23.7 Å². The molecule has 0 amide bonds. The van der Waals surface area contributed by atoms with Gasteiger partial charge in [-0.25, -0.2) is 9.59 Å². The summed E-state index contributed by atoms with van der Waals surface area (Å²) in [5, 5.41) is 11.4. The molecule has 1 N–H and O–H groups in total. The van der Waals surface area contributed by atoms with Crippen molar-refractivity contribution >= 4 is 34.3 Å². The van der Waals surface area contributed by atoms with Crippen molar-refractivity contribution in [1.29, 1.82) is 0 Å². The topological polar surface area (TPSA) is 72.8 Å².